The van der Waals surface area contributed by atoms with E-state index in [0.717, 1.165) is 186 Å². The van der Waals surface area contributed by atoms with E-state index in [9.17, 15) is 22.1 Å². The topological polar surface area (TPSA) is 294 Å². The molecule has 28 nitrogen and oxygen atoms in total. The number of nitrogens with one attached hydrogen (secondary N) is 6. The predicted molar refractivity (Wildman–Crippen MR) is 511 cm³/mol. The molecule has 6 aliphatic heterocycles. The van der Waals surface area contributed by atoms with Crippen LogP contribution < -0.4 is 76.7 Å². The van der Waals surface area contributed by atoms with Crippen LogP contribution in [0, 0.1) is 0 Å². The summed E-state index contributed by atoms with van der Waals surface area (Å²) in [6, 6.07) is 39.6. The van der Waals surface area contributed by atoms with E-state index in [4.69, 9.17) is 53.8 Å². The van der Waals surface area contributed by atoms with Gasteiger partial charge in [-0.3, -0.25) is 9.80 Å². The minimum absolute atomic E-state index is 0.0398. The lowest BCUT2D eigenvalue weighted by Gasteiger charge is -2.42. The minimum atomic E-state index is -3.73. The largest absolute Gasteiger partial charge is 0.494 e. The normalized spacial score (nSPS) is 17.4. The zero-order chi connectivity index (χ0) is 88.0. The Morgan fingerprint density at radius 2 is 0.847 bits per heavy atom. The fraction of sp³-hybridized carbons (Fsp3) is 0.461. The number of sulfone groups is 1. The Hall–Kier alpha value is -8.53. The summed E-state index contributed by atoms with van der Waals surface area (Å²) in [5.74, 6) is 4.18. The molecule has 0 radical (unpaired) electrons. The Labute approximate surface area is 746 Å². The van der Waals surface area contributed by atoms with Crippen LogP contribution >= 0.6 is 56.2 Å². The highest BCUT2D eigenvalue weighted by molar-refractivity contribution is 7.92. The Morgan fingerprint density at radius 3 is 1.24 bits per heavy atom. The van der Waals surface area contributed by atoms with Crippen molar-refractivity contribution in [3.05, 3.63) is 155 Å². The highest BCUT2D eigenvalue weighted by Gasteiger charge is 2.34. The average molecular weight is 1830 g/mol. The monoisotopic (exact) mass is 1830 g/mol. The van der Waals surface area contributed by atoms with Gasteiger partial charge in [0.2, 0.25) is 17.8 Å². The van der Waals surface area contributed by atoms with Crippen molar-refractivity contribution in [1.29, 1.82) is 0 Å². The van der Waals surface area contributed by atoms with Crippen molar-refractivity contribution in [3.63, 3.8) is 0 Å². The summed E-state index contributed by atoms with van der Waals surface area (Å²) in [6.45, 7) is 27.9. The zero-order valence-corrected chi connectivity index (χ0v) is 78.9. The molecule has 0 saturated carbocycles. The number of anilines is 15. The quantitative estimate of drug-likeness (QED) is 0.0261. The van der Waals surface area contributed by atoms with Gasteiger partial charge in [0, 0.05) is 174 Å². The van der Waals surface area contributed by atoms with Crippen LogP contribution in [0.2, 0.25) is 15.1 Å². The number of hydrogen-bond donors (Lipinski definition) is 6. The molecular weight excluding hydrogens is 1710 g/mol. The van der Waals surface area contributed by atoms with Crippen molar-refractivity contribution in [3.8, 4) is 17.2 Å². The number of nitrogens with zero attached hydrogens (tertiary/aromatic N) is 13. The molecule has 666 valence electrons. The van der Waals surface area contributed by atoms with Gasteiger partial charge in [0.1, 0.15) is 53.7 Å². The Morgan fingerprint density at radius 1 is 0.468 bits per heavy atom. The number of hydrogen-bond acceptors (Lipinski definition) is 28. The van der Waals surface area contributed by atoms with Gasteiger partial charge in [0.25, 0.3) is 0 Å². The van der Waals surface area contributed by atoms with Gasteiger partial charge in [-0.05, 0) is 192 Å². The van der Waals surface area contributed by atoms with Gasteiger partial charge < -0.3 is 89.0 Å². The Kier molecular flexibility index (Phi) is 31.5. The number of ether oxygens (including phenoxy) is 4. The first-order valence-electron chi connectivity index (χ1n) is 42.7. The summed E-state index contributed by atoms with van der Waals surface area (Å²) >= 11 is 19.4. The molecule has 6 aliphatic rings. The van der Waals surface area contributed by atoms with Crippen LogP contribution in [-0.4, -0.2) is 254 Å². The van der Waals surface area contributed by atoms with Crippen molar-refractivity contribution in [1.82, 2.24) is 49.5 Å². The van der Waals surface area contributed by atoms with Gasteiger partial charge in [-0.1, -0.05) is 59.1 Å². The molecule has 0 unspecified atom stereocenters. The number of aromatic nitrogens is 6. The molecule has 0 spiro atoms. The van der Waals surface area contributed by atoms with E-state index in [2.05, 4.69) is 134 Å². The number of likely N-dealkylation sites (N-methyl/N-ethyl adjacent to an activating group) is 2. The second-order valence-corrected chi connectivity index (χ2v) is 46.6. The number of piperazine rings is 2. The highest BCUT2D eigenvalue weighted by Crippen LogP contribution is 2.53. The van der Waals surface area contributed by atoms with Crippen LogP contribution in [0.15, 0.2) is 145 Å². The lowest BCUT2D eigenvalue weighted by molar-refractivity contribution is 0.0459. The molecule has 9 heterocycles. The lowest BCUT2D eigenvalue weighted by Crippen LogP contribution is -2.52. The van der Waals surface area contributed by atoms with Gasteiger partial charge in [0.15, 0.2) is 27.3 Å². The summed E-state index contributed by atoms with van der Waals surface area (Å²) in [7, 11) is -1.98. The van der Waals surface area contributed by atoms with Crippen molar-refractivity contribution in [2.24, 2.45) is 0 Å². The first kappa shape index (κ1) is 93.1. The maximum absolute atomic E-state index is 13.6. The SMILES string of the molecule is CCOC1CCN(c2ccc(Nc3ncc(Cl)c(Nc4ccccc4P(C)(C)=O)n3)c(OC)c2)CC1.COc1cc(N2CCC(N3CCN(C)CC3)CC2)ccc1Nc1ncc(Cl)c(Nc2ccc(P(C)(C)=O)cc2S(=O)(=O)C(C)C)n1.COc1cc(N2CCC(N3CCN(C)CC3)CC2)ccc1Nc1ncc(Cl)c(Nc2ccccc2P2(=O)CCCC2)n1. The summed E-state index contributed by atoms with van der Waals surface area (Å²) in [6.07, 6.45) is 15.1. The molecule has 6 saturated heterocycles. The smallest absolute Gasteiger partial charge is 0.229 e. The summed E-state index contributed by atoms with van der Waals surface area (Å²) in [5, 5.41) is 21.8. The third kappa shape index (κ3) is 23.6. The van der Waals surface area contributed by atoms with Gasteiger partial charge in [-0.25, -0.2) is 23.4 Å². The van der Waals surface area contributed by atoms with Crippen molar-refractivity contribution in [2.75, 3.05) is 219 Å². The van der Waals surface area contributed by atoms with Gasteiger partial charge in [-0.15, -0.1) is 0 Å². The molecule has 124 heavy (non-hydrogen) atoms. The molecule has 9 aromatic rings. The molecule has 6 N–H and O–H groups in total. The van der Waals surface area contributed by atoms with E-state index >= 15 is 0 Å². The zero-order valence-electron chi connectivity index (χ0n) is 73.1. The second-order valence-electron chi connectivity index (χ2n) is 33.4. The average Bonchev–Trinajstić information content (AvgIpc) is 1.65. The van der Waals surface area contributed by atoms with E-state index in [1.54, 1.807) is 80.2 Å². The van der Waals surface area contributed by atoms with Crippen LogP contribution in [0.4, 0.5) is 86.5 Å². The minimum Gasteiger partial charge on any atom is -0.494 e. The molecular formula is C89H119Cl3N19O9P3S. The van der Waals surface area contributed by atoms with E-state index in [1.165, 1.54) is 44.4 Å². The first-order chi connectivity index (χ1) is 59.4. The molecule has 3 aromatic heterocycles. The molecule has 6 fully saturated rings. The van der Waals surface area contributed by atoms with Gasteiger partial charge in [0.05, 0.1) is 90.3 Å². The van der Waals surface area contributed by atoms with Crippen molar-refractivity contribution in [2.45, 2.75) is 100 Å². The standard InChI is InChI=1S/C32H45ClN7O4PS.C31H41ClN7O2P.C26H33ClN5O3P/c1-22(2)46(42,43)30-20-25(45(5,6)41)8-10-28(30)35-31-26(33)21-34-32(37-31)36-27-9-7-24(19-29(27)44-4)39-13-11-23(12-14-39)40-17-15-38(3)16-18-40;1-37-15-17-39(18-16-37)23-11-13-38(14-12-23)24-9-10-26(28(21-24)41-2)35-31-33-22-25(32)30(36-31)34-27-7-3-4-8-29(27)42(40)19-5-6-20-42;1-5-35-19-12-14-32(15-13-19)18-10-11-21(23(16-18)34-2)30-26-28-17-20(27)25(31-26)29-22-8-6-7-9-24(22)36(3,4)33/h7-10,19-23H,11-18H2,1-6H3,(H2,34,35,36,37);3-4,7-10,21-23H,5-6,11-20H2,1-2H3,(H2,33,34,35,36);6-11,16-17,19H,5,12-15H2,1-4H3,(H2,28,29,30,31). The van der Waals surface area contributed by atoms with Crippen LogP contribution in [0.25, 0.3) is 0 Å². The molecule has 0 aliphatic carbocycles. The highest BCUT2D eigenvalue weighted by atomic mass is 35.5. The summed E-state index contributed by atoms with van der Waals surface area (Å²) in [4.78, 5) is 44.3. The molecule has 0 atom stereocenters. The summed E-state index contributed by atoms with van der Waals surface area (Å²) in [5.41, 5.74) is 7.34. The third-order valence-corrected chi connectivity index (χ3v) is 33.3. The van der Waals surface area contributed by atoms with Crippen LogP contribution in [0.3, 0.4) is 0 Å². The van der Waals surface area contributed by atoms with E-state index in [-0.39, 0.29) is 27.4 Å². The van der Waals surface area contributed by atoms with E-state index < -0.39 is 36.5 Å². The molecule has 6 aromatic carbocycles. The fourth-order valence-corrected chi connectivity index (χ4v) is 23.5. The van der Waals surface area contributed by atoms with Gasteiger partial charge in [-0.2, -0.15) is 15.0 Å². The molecule has 0 amide bonds. The first-order valence-corrected chi connectivity index (χ1v) is 52.6. The Bertz CT molecular complexity index is 5420. The number of methoxy groups -OCH3 is 3. The van der Waals surface area contributed by atoms with Crippen LogP contribution in [0.5, 0.6) is 17.2 Å². The Balaban J connectivity index is 0.000000161. The number of rotatable bonds is 27. The van der Waals surface area contributed by atoms with Crippen molar-refractivity contribution < 1.29 is 41.1 Å². The van der Waals surface area contributed by atoms with Crippen molar-refractivity contribution >= 4 is 168 Å². The lowest BCUT2D eigenvalue weighted by atomic mass is 10.0. The maximum atomic E-state index is 13.6. The van der Waals surface area contributed by atoms with Crippen LogP contribution in [0.1, 0.15) is 72.1 Å². The molecule has 15 rings (SSSR count). The number of halogens is 3. The number of piperidine rings is 3. The van der Waals surface area contributed by atoms with Crippen LogP contribution in [-0.2, 0) is 28.3 Å². The van der Waals surface area contributed by atoms with E-state index in [1.807, 2.05) is 85.8 Å². The van der Waals surface area contributed by atoms with E-state index in [0.29, 0.717) is 79.9 Å². The maximum Gasteiger partial charge on any atom is 0.229 e. The predicted octanol–water partition coefficient (Wildman–Crippen LogP) is 16.8. The fourth-order valence-electron chi connectivity index (χ4n) is 16.6. The number of benzene rings is 6. The molecule has 0 bridgehead atoms. The molecule has 35 heteroatoms. The third-order valence-electron chi connectivity index (χ3n) is 23.9. The summed E-state index contributed by atoms with van der Waals surface area (Å²) < 4.78 is 88.7. The second kappa shape index (κ2) is 41.9. The number of para-hydroxylation sites is 2. The van der Waals surface area contributed by atoms with Gasteiger partial charge >= 0.3 is 0 Å².